The van der Waals surface area contributed by atoms with E-state index in [2.05, 4.69) is 15.3 Å². The molecule has 8 heteroatoms. The van der Waals surface area contributed by atoms with Gasteiger partial charge in [0.1, 0.15) is 0 Å². The van der Waals surface area contributed by atoms with Gasteiger partial charge in [-0.3, -0.25) is 4.79 Å². The maximum atomic E-state index is 13.8. The van der Waals surface area contributed by atoms with Gasteiger partial charge in [-0.05, 0) is 86.3 Å². The highest BCUT2D eigenvalue weighted by molar-refractivity contribution is 6.35. The second kappa shape index (κ2) is 9.36. The molecular weight excluding hydrogens is 517 g/mol. The number of carbonyl (C=O) groups is 1. The minimum Gasteiger partial charge on any atom is -0.390 e. The summed E-state index contributed by atoms with van der Waals surface area (Å²) in [5, 5.41) is 20.8. The molecule has 5 unspecified atom stereocenters. The minimum atomic E-state index is -0.615. The zero-order valence-electron chi connectivity index (χ0n) is 20.2. The van der Waals surface area contributed by atoms with Gasteiger partial charge in [0.2, 0.25) is 5.91 Å². The number of halogens is 3. The molecule has 4 fully saturated rings. The molecule has 2 N–H and O–H groups in total. The van der Waals surface area contributed by atoms with Crippen molar-refractivity contribution in [1.82, 2.24) is 10.3 Å². The molecule has 5 atom stereocenters. The molecular formula is C28H32Cl3N3O2. The van der Waals surface area contributed by atoms with Gasteiger partial charge in [-0.15, -0.1) is 0 Å². The van der Waals surface area contributed by atoms with Crippen LogP contribution in [0, 0.1) is 17.8 Å². The lowest BCUT2D eigenvalue weighted by molar-refractivity contribution is -0.128. The van der Waals surface area contributed by atoms with Gasteiger partial charge in [-0.25, -0.2) is 5.01 Å². The quantitative estimate of drug-likeness (QED) is 0.475. The molecule has 0 radical (unpaired) electrons. The number of aliphatic hydroxyl groups is 1. The van der Waals surface area contributed by atoms with Gasteiger partial charge >= 0.3 is 0 Å². The number of rotatable bonds is 5. The molecule has 3 bridgehead atoms. The Kier molecular flexibility index (Phi) is 6.45. The van der Waals surface area contributed by atoms with E-state index in [0.29, 0.717) is 53.0 Å². The zero-order valence-corrected chi connectivity index (χ0v) is 22.5. The molecule has 1 heterocycles. The van der Waals surface area contributed by atoms with Gasteiger partial charge < -0.3 is 15.4 Å². The normalized spacial score (nSPS) is 33.7. The zero-order chi connectivity index (χ0) is 25.1. The highest BCUT2D eigenvalue weighted by atomic mass is 35.5. The second-order valence-corrected chi connectivity index (χ2v) is 12.8. The summed E-state index contributed by atoms with van der Waals surface area (Å²) in [6.07, 6.45) is 6.71. The Labute approximate surface area is 227 Å². The number of nitrogens with zero attached hydrogens (tertiary/aromatic N) is 2. The van der Waals surface area contributed by atoms with Crippen LogP contribution in [0.25, 0.3) is 0 Å². The van der Waals surface area contributed by atoms with Crippen molar-refractivity contribution in [2.45, 2.75) is 62.6 Å². The predicted octanol–water partition coefficient (Wildman–Crippen LogP) is 6.09. The van der Waals surface area contributed by atoms with Crippen molar-refractivity contribution in [3.8, 4) is 0 Å². The Morgan fingerprint density at radius 2 is 1.83 bits per heavy atom. The predicted molar refractivity (Wildman–Crippen MR) is 144 cm³/mol. The van der Waals surface area contributed by atoms with E-state index in [4.69, 9.17) is 34.8 Å². The third kappa shape index (κ3) is 4.74. The molecule has 2 aromatic carbocycles. The lowest BCUT2D eigenvalue weighted by Crippen LogP contribution is -2.57. The van der Waals surface area contributed by atoms with Crippen molar-refractivity contribution in [2.24, 2.45) is 17.8 Å². The van der Waals surface area contributed by atoms with E-state index >= 15 is 0 Å². The van der Waals surface area contributed by atoms with Crippen molar-refractivity contribution < 1.29 is 9.90 Å². The number of carbonyl (C=O) groups excluding carboxylic acids is 1. The average Bonchev–Trinajstić information content (AvgIpc) is 3.29. The van der Waals surface area contributed by atoms with Gasteiger partial charge in [0.05, 0.1) is 22.2 Å². The third-order valence-electron chi connectivity index (χ3n) is 8.87. The van der Waals surface area contributed by atoms with Gasteiger partial charge in [0.25, 0.3) is 0 Å². The van der Waals surface area contributed by atoms with E-state index in [9.17, 15) is 9.90 Å². The Balaban J connectivity index is 1.25. The first-order valence-corrected chi connectivity index (χ1v) is 14.1. The Bertz CT molecular complexity index is 1180. The number of hydrogen-bond acceptors (Lipinski definition) is 4. The molecule has 36 heavy (non-hydrogen) atoms. The molecule has 4 aliphatic rings. The summed E-state index contributed by atoms with van der Waals surface area (Å²) >= 11 is 19.2. The number of benzene rings is 2. The first-order chi connectivity index (χ1) is 17.2. The Hall–Kier alpha value is -1.50. The summed E-state index contributed by atoms with van der Waals surface area (Å²) in [4.78, 5) is 13.8. The topological polar surface area (TPSA) is 55.8 Å². The van der Waals surface area contributed by atoms with Crippen LogP contribution in [0.15, 0.2) is 42.5 Å². The van der Waals surface area contributed by atoms with Crippen LogP contribution in [-0.2, 0) is 11.3 Å². The minimum absolute atomic E-state index is 0.0649. The summed E-state index contributed by atoms with van der Waals surface area (Å²) in [6.45, 7) is 1.67. The van der Waals surface area contributed by atoms with Crippen LogP contribution in [0.4, 0.5) is 5.69 Å². The highest BCUT2D eigenvalue weighted by Crippen LogP contribution is 2.57. The van der Waals surface area contributed by atoms with E-state index in [-0.39, 0.29) is 17.4 Å². The summed E-state index contributed by atoms with van der Waals surface area (Å²) < 4.78 is 0. The van der Waals surface area contributed by atoms with Crippen molar-refractivity contribution in [2.75, 3.05) is 18.1 Å². The molecule has 192 valence electrons. The van der Waals surface area contributed by atoms with Crippen molar-refractivity contribution in [3.63, 3.8) is 0 Å². The maximum absolute atomic E-state index is 13.8. The summed E-state index contributed by atoms with van der Waals surface area (Å²) in [5.74, 6) is 0.963. The van der Waals surface area contributed by atoms with Gasteiger partial charge in [0, 0.05) is 35.2 Å². The fourth-order valence-electron chi connectivity index (χ4n) is 7.56. The fourth-order valence-corrected chi connectivity index (χ4v) is 8.16. The van der Waals surface area contributed by atoms with E-state index in [1.54, 1.807) is 12.1 Å². The molecule has 1 amide bonds. The van der Waals surface area contributed by atoms with Crippen molar-refractivity contribution >= 4 is 46.4 Å². The van der Waals surface area contributed by atoms with Crippen LogP contribution >= 0.6 is 34.8 Å². The van der Waals surface area contributed by atoms with E-state index in [0.717, 1.165) is 43.4 Å². The number of hydrazine groups is 1. The average molecular weight is 549 g/mol. The standard InChI is InChI=1S/C28H32Cl3N3O2/c29-22-5-1-3-18(9-22)14-33-15-21(16-34(33)25-10-23(30)6-7-24(25)31)26(35)32-27-8-2-4-19-12-28(36,17-27)13-20(19)11-27/h1,3,5-7,9-10,19-21,36H,2,4,8,11-17H2,(H,32,35). The number of nitrogens with one attached hydrogen (secondary N) is 1. The van der Waals surface area contributed by atoms with Gasteiger partial charge in [0.15, 0.2) is 0 Å². The van der Waals surface area contributed by atoms with Crippen molar-refractivity contribution in [3.05, 3.63) is 63.1 Å². The molecule has 5 nitrogen and oxygen atoms in total. The molecule has 6 rings (SSSR count). The molecule has 0 spiro atoms. The molecule has 2 aromatic rings. The van der Waals surface area contributed by atoms with Crippen LogP contribution in [0.2, 0.25) is 15.1 Å². The van der Waals surface area contributed by atoms with Crippen LogP contribution in [0.5, 0.6) is 0 Å². The molecule has 1 aliphatic heterocycles. The highest BCUT2D eigenvalue weighted by Gasteiger charge is 2.57. The second-order valence-electron chi connectivity index (χ2n) is 11.5. The molecule has 1 saturated heterocycles. The number of anilines is 1. The Morgan fingerprint density at radius 1 is 1.03 bits per heavy atom. The summed E-state index contributed by atoms with van der Waals surface area (Å²) in [6, 6.07) is 13.2. The van der Waals surface area contributed by atoms with Gasteiger partial charge in [-0.1, -0.05) is 53.4 Å². The third-order valence-corrected chi connectivity index (χ3v) is 9.66. The smallest absolute Gasteiger partial charge is 0.226 e. The Morgan fingerprint density at radius 3 is 2.67 bits per heavy atom. The first-order valence-electron chi connectivity index (χ1n) is 13.0. The molecule has 0 aromatic heterocycles. The van der Waals surface area contributed by atoms with E-state index in [1.807, 2.05) is 30.3 Å². The van der Waals surface area contributed by atoms with Crippen molar-refractivity contribution in [1.29, 1.82) is 0 Å². The maximum Gasteiger partial charge on any atom is 0.226 e. The van der Waals surface area contributed by atoms with E-state index in [1.165, 1.54) is 6.42 Å². The summed E-state index contributed by atoms with van der Waals surface area (Å²) in [5.41, 5.74) is 0.947. The lowest BCUT2D eigenvalue weighted by atomic mass is 9.71. The molecule has 3 aliphatic carbocycles. The monoisotopic (exact) mass is 547 g/mol. The number of hydrogen-bond donors (Lipinski definition) is 2. The van der Waals surface area contributed by atoms with E-state index < -0.39 is 5.60 Å². The van der Waals surface area contributed by atoms with Crippen LogP contribution < -0.4 is 10.3 Å². The SMILES string of the molecule is O=C(NC12CCCC3CC(O)(CC3C1)C2)C1CN(Cc2cccc(Cl)c2)N(c2cc(Cl)ccc2Cl)C1. The lowest BCUT2D eigenvalue weighted by Gasteiger charge is -2.44. The number of fused-ring (bicyclic) bond motifs is 2. The number of amides is 1. The summed E-state index contributed by atoms with van der Waals surface area (Å²) in [7, 11) is 0. The molecule has 3 saturated carbocycles. The fraction of sp³-hybridized carbons (Fsp3) is 0.536. The largest absolute Gasteiger partial charge is 0.390 e. The van der Waals surface area contributed by atoms with Crippen LogP contribution in [0.1, 0.15) is 50.5 Å². The van der Waals surface area contributed by atoms with Gasteiger partial charge in [-0.2, -0.15) is 0 Å². The first kappa shape index (κ1) is 24.8. The van der Waals surface area contributed by atoms with Crippen LogP contribution in [-0.4, -0.2) is 40.3 Å². The van der Waals surface area contributed by atoms with Crippen LogP contribution in [0.3, 0.4) is 0 Å².